The lowest BCUT2D eigenvalue weighted by Gasteiger charge is -2.37. The number of amides is 2. The second-order valence-corrected chi connectivity index (χ2v) is 10.7. The molecule has 0 aromatic heterocycles. The molecule has 0 unspecified atom stereocenters. The molecular weight excluding hydrogens is 447 g/mol. The minimum atomic E-state index is -1.67. The van der Waals surface area contributed by atoms with Crippen LogP contribution >= 0.6 is 0 Å². The number of fused-ring (bicyclic) bond motifs is 3. The standard InChI is InChI=1S/C28H33FN2O4/c1-17-25(27(2,3)29)23(35-28(17)21-11-7-8-12-22(21)30(4)26(28)34)14-24(33)31-15-19-10-6-5-9-18(19)13-20(31)16-32/h5-12,17,20,23,25,32H,13-16H2,1-4H3/t17-,20-,23+,25-,28+/m0/s1. The van der Waals surface area contributed by atoms with Crippen LogP contribution in [0.25, 0.3) is 0 Å². The molecular formula is C28H33FN2O4. The van der Waals surface area contributed by atoms with Crippen molar-refractivity contribution in [1.29, 1.82) is 0 Å². The minimum Gasteiger partial charge on any atom is -0.394 e. The minimum absolute atomic E-state index is 0.0536. The molecule has 5 atom stereocenters. The van der Waals surface area contributed by atoms with Gasteiger partial charge in [0.2, 0.25) is 5.91 Å². The van der Waals surface area contributed by atoms with Crippen molar-refractivity contribution in [2.45, 2.75) is 63.6 Å². The maximum absolute atomic E-state index is 15.7. The van der Waals surface area contributed by atoms with Crippen LogP contribution in [0.15, 0.2) is 48.5 Å². The summed E-state index contributed by atoms with van der Waals surface area (Å²) in [5, 5.41) is 10.0. The number of benzene rings is 2. The fraction of sp³-hybridized carbons (Fsp3) is 0.500. The van der Waals surface area contributed by atoms with E-state index in [0.717, 1.165) is 22.4 Å². The van der Waals surface area contributed by atoms with Crippen molar-refractivity contribution in [2.24, 2.45) is 11.8 Å². The summed E-state index contributed by atoms with van der Waals surface area (Å²) in [6, 6.07) is 15.0. The first-order valence-corrected chi connectivity index (χ1v) is 12.3. The highest BCUT2D eigenvalue weighted by atomic mass is 19.1. The van der Waals surface area contributed by atoms with E-state index in [0.29, 0.717) is 13.0 Å². The molecule has 1 N–H and O–H groups in total. The van der Waals surface area contributed by atoms with Crippen LogP contribution in [0.1, 0.15) is 43.9 Å². The van der Waals surface area contributed by atoms with Crippen LogP contribution in [0.2, 0.25) is 0 Å². The topological polar surface area (TPSA) is 70.1 Å². The summed E-state index contributed by atoms with van der Waals surface area (Å²) in [7, 11) is 1.71. The maximum Gasteiger partial charge on any atom is 0.264 e. The van der Waals surface area contributed by atoms with E-state index in [9.17, 15) is 14.7 Å². The van der Waals surface area contributed by atoms with Gasteiger partial charge in [-0.1, -0.05) is 49.4 Å². The van der Waals surface area contributed by atoms with E-state index in [2.05, 4.69) is 0 Å². The number of likely N-dealkylation sites (N-methyl/N-ethyl adjacent to an activating group) is 1. The molecule has 0 radical (unpaired) electrons. The predicted octanol–water partition coefficient (Wildman–Crippen LogP) is 3.59. The average Bonchev–Trinajstić information content (AvgIpc) is 3.25. The Morgan fingerprint density at radius 3 is 2.51 bits per heavy atom. The Bertz CT molecular complexity index is 1160. The van der Waals surface area contributed by atoms with Crippen LogP contribution < -0.4 is 4.90 Å². The summed E-state index contributed by atoms with van der Waals surface area (Å²) in [5.74, 6) is -1.57. The van der Waals surface area contributed by atoms with Crippen molar-refractivity contribution in [3.05, 3.63) is 65.2 Å². The normalized spacial score (nSPS) is 30.1. The molecule has 0 saturated carbocycles. The zero-order valence-corrected chi connectivity index (χ0v) is 20.7. The summed E-state index contributed by atoms with van der Waals surface area (Å²) in [5.41, 5.74) is 0.652. The van der Waals surface area contributed by atoms with Crippen LogP contribution in [-0.2, 0) is 32.9 Å². The number of hydrogen-bond donors (Lipinski definition) is 1. The monoisotopic (exact) mass is 480 g/mol. The molecule has 2 amide bonds. The van der Waals surface area contributed by atoms with Gasteiger partial charge in [-0.15, -0.1) is 0 Å². The van der Waals surface area contributed by atoms with E-state index >= 15 is 4.39 Å². The number of alkyl halides is 1. The molecule has 0 aliphatic carbocycles. The van der Waals surface area contributed by atoms with E-state index in [1.165, 1.54) is 13.8 Å². The smallest absolute Gasteiger partial charge is 0.264 e. The van der Waals surface area contributed by atoms with Crippen LogP contribution in [-0.4, -0.2) is 53.3 Å². The van der Waals surface area contributed by atoms with Crippen LogP contribution in [0.4, 0.5) is 10.1 Å². The second kappa shape index (κ2) is 8.42. The number of aliphatic hydroxyl groups excluding tert-OH is 1. The fourth-order valence-corrected chi connectivity index (χ4v) is 6.64. The van der Waals surface area contributed by atoms with E-state index in [1.54, 1.807) is 16.8 Å². The Morgan fingerprint density at radius 1 is 1.17 bits per heavy atom. The van der Waals surface area contributed by atoms with Gasteiger partial charge in [-0.3, -0.25) is 9.59 Å². The molecule has 0 bridgehead atoms. The van der Waals surface area contributed by atoms with Crippen molar-refractivity contribution in [3.63, 3.8) is 0 Å². The Labute approximate surface area is 205 Å². The first-order valence-electron chi connectivity index (χ1n) is 12.3. The van der Waals surface area contributed by atoms with Crippen LogP contribution in [0.3, 0.4) is 0 Å². The zero-order chi connectivity index (χ0) is 25.1. The quantitative estimate of drug-likeness (QED) is 0.726. The molecule has 5 rings (SSSR count). The molecule has 3 aliphatic rings. The van der Waals surface area contributed by atoms with Gasteiger partial charge in [-0.2, -0.15) is 0 Å². The first-order chi connectivity index (χ1) is 16.6. The lowest BCUT2D eigenvalue weighted by Crippen LogP contribution is -2.48. The van der Waals surface area contributed by atoms with E-state index in [1.807, 2.05) is 55.5 Å². The number of halogens is 1. The molecule has 1 saturated heterocycles. The number of hydrogen-bond acceptors (Lipinski definition) is 4. The van der Waals surface area contributed by atoms with Crippen molar-refractivity contribution < 1.29 is 23.8 Å². The summed E-state index contributed by atoms with van der Waals surface area (Å²) in [6.45, 7) is 5.09. The Hall–Kier alpha value is -2.77. The Morgan fingerprint density at radius 2 is 1.83 bits per heavy atom. The summed E-state index contributed by atoms with van der Waals surface area (Å²) >= 11 is 0. The number of carbonyl (C=O) groups excluding carboxylic acids is 2. The number of nitrogens with zero attached hydrogens (tertiary/aromatic N) is 2. The number of rotatable bonds is 4. The van der Waals surface area contributed by atoms with Crippen molar-refractivity contribution in [1.82, 2.24) is 4.90 Å². The molecule has 35 heavy (non-hydrogen) atoms. The first kappa shape index (κ1) is 23.9. The maximum atomic E-state index is 15.7. The third-order valence-corrected chi connectivity index (χ3v) is 8.26. The highest BCUT2D eigenvalue weighted by Gasteiger charge is 2.66. The average molecular weight is 481 g/mol. The molecule has 7 heteroatoms. The van der Waals surface area contributed by atoms with E-state index in [-0.39, 0.29) is 30.9 Å². The molecule has 6 nitrogen and oxygen atoms in total. The number of anilines is 1. The van der Waals surface area contributed by atoms with Gasteiger partial charge in [-0.05, 0) is 37.5 Å². The number of para-hydroxylation sites is 1. The lowest BCUT2D eigenvalue weighted by atomic mass is 9.71. The molecule has 3 heterocycles. The van der Waals surface area contributed by atoms with Crippen LogP contribution in [0, 0.1) is 11.8 Å². The SMILES string of the molecule is C[C@H]1[C@H](C(C)(C)F)[C@@H](CC(=O)N2Cc3ccccc3C[C@H]2CO)O[C@]12C(=O)N(C)c1ccccc12. The highest BCUT2D eigenvalue weighted by molar-refractivity contribution is 6.07. The molecule has 186 valence electrons. The molecule has 2 aromatic rings. The molecule has 3 aliphatic heterocycles. The largest absolute Gasteiger partial charge is 0.394 e. The van der Waals surface area contributed by atoms with Gasteiger partial charge in [0, 0.05) is 31.0 Å². The molecule has 1 fully saturated rings. The fourth-order valence-electron chi connectivity index (χ4n) is 6.64. The van der Waals surface area contributed by atoms with Crippen molar-refractivity contribution in [3.8, 4) is 0 Å². The third kappa shape index (κ3) is 3.59. The highest BCUT2D eigenvalue weighted by Crippen LogP contribution is 2.58. The van der Waals surface area contributed by atoms with Crippen molar-refractivity contribution in [2.75, 3.05) is 18.6 Å². The van der Waals surface area contributed by atoms with Gasteiger partial charge in [-0.25, -0.2) is 4.39 Å². The van der Waals surface area contributed by atoms with E-state index in [4.69, 9.17) is 4.74 Å². The Balaban J connectivity index is 1.48. The predicted molar refractivity (Wildman–Crippen MR) is 130 cm³/mol. The van der Waals surface area contributed by atoms with Gasteiger partial charge >= 0.3 is 0 Å². The third-order valence-electron chi connectivity index (χ3n) is 8.26. The molecule has 2 aromatic carbocycles. The Kier molecular flexibility index (Phi) is 5.76. The zero-order valence-electron chi connectivity index (χ0n) is 20.7. The summed E-state index contributed by atoms with van der Waals surface area (Å²) in [4.78, 5) is 30.5. The second-order valence-electron chi connectivity index (χ2n) is 10.7. The number of carbonyl (C=O) groups is 2. The number of ether oxygens (including phenoxy) is 1. The van der Waals surface area contributed by atoms with Crippen LogP contribution in [0.5, 0.6) is 0 Å². The van der Waals surface area contributed by atoms with Gasteiger partial charge in [0.15, 0.2) is 5.60 Å². The summed E-state index contributed by atoms with van der Waals surface area (Å²) in [6.07, 6.45) is -0.265. The summed E-state index contributed by atoms with van der Waals surface area (Å²) < 4.78 is 22.2. The van der Waals surface area contributed by atoms with Gasteiger partial charge in [0.05, 0.1) is 30.9 Å². The van der Waals surface area contributed by atoms with Gasteiger partial charge in [0.25, 0.3) is 5.91 Å². The van der Waals surface area contributed by atoms with E-state index < -0.39 is 29.2 Å². The van der Waals surface area contributed by atoms with Crippen molar-refractivity contribution >= 4 is 17.5 Å². The number of aliphatic hydroxyl groups is 1. The lowest BCUT2D eigenvalue weighted by molar-refractivity contribution is -0.151. The van der Waals surface area contributed by atoms with Gasteiger partial charge in [0.1, 0.15) is 5.67 Å². The molecule has 1 spiro atoms. The van der Waals surface area contributed by atoms with Gasteiger partial charge < -0.3 is 19.6 Å².